The second-order valence-electron chi connectivity index (χ2n) is 8.95. The highest BCUT2D eigenvalue weighted by Gasteiger charge is 2.19. The first kappa shape index (κ1) is 24.4. The summed E-state index contributed by atoms with van der Waals surface area (Å²) in [6.07, 6.45) is 8.43. The molecule has 34 heavy (non-hydrogen) atoms. The maximum atomic E-state index is 11.8. The molecule has 1 aromatic heterocycles. The van der Waals surface area contributed by atoms with Gasteiger partial charge in [-0.15, -0.1) is 0 Å². The van der Waals surface area contributed by atoms with Crippen molar-refractivity contribution in [1.82, 2.24) is 14.8 Å². The zero-order valence-corrected chi connectivity index (χ0v) is 20.8. The minimum Gasteiger partial charge on any atom is -0.490 e. The van der Waals surface area contributed by atoms with Crippen molar-refractivity contribution in [2.45, 2.75) is 50.0 Å². The van der Waals surface area contributed by atoms with Crippen LogP contribution in [0.1, 0.15) is 43.5 Å². The molecule has 2 aromatic carbocycles. The Morgan fingerprint density at radius 3 is 2.50 bits per heavy atom. The molecule has 1 aliphatic rings. The van der Waals surface area contributed by atoms with Gasteiger partial charge < -0.3 is 9.47 Å². The molecule has 7 nitrogen and oxygen atoms in total. The van der Waals surface area contributed by atoms with Gasteiger partial charge in [0.05, 0.1) is 23.6 Å². The Kier molecular flexibility index (Phi) is 8.00. The Morgan fingerprint density at radius 1 is 1.06 bits per heavy atom. The molecule has 1 heterocycles. The van der Waals surface area contributed by atoms with Gasteiger partial charge in [0, 0.05) is 19.8 Å². The number of para-hydroxylation sites is 1. The first-order chi connectivity index (χ1) is 16.4. The van der Waals surface area contributed by atoms with Crippen LogP contribution in [0.4, 0.5) is 0 Å². The molecule has 1 saturated carbocycles. The van der Waals surface area contributed by atoms with E-state index in [-0.39, 0.29) is 0 Å². The fraction of sp³-hybridized carbons (Fsp3) is 0.462. The highest BCUT2D eigenvalue weighted by molar-refractivity contribution is 7.90. The van der Waals surface area contributed by atoms with Crippen molar-refractivity contribution >= 4 is 9.84 Å². The normalized spacial score (nSPS) is 14.2. The molecule has 0 N–H and O–H groups in total. The molecule has 0 unspecified atom stereocenters. The van der Waals surface area contributed by atoms with Crippen LogP contribution < -0.4 is 4.74 Å². The largest absolute Gasteiger partial charge is 0.490 e. The quantitative estimate of drug-likeness (QED) is 0.352. The van der Waals surface area contributed by atoms with Crippen molar-refractivity contribution in [2.75, 3.05) is 26.6 Å². The lowest BCUT2D eigenvalue weighted by atomic mass is 9.82. The number of methoxy groups -OCH3 is 1. The van der Waals surface area contributed by atoms with Crippen molar-refractivity contribution in [2.24, 2.45) is 5.92 Å². The predicted molar refractivity (Wildman–Crippen MR) is 132 cm³/mol. The first-order valence-electron chi connectivity index (χ1n) is 11.9. The molecule has 0 aliphatic heterocycles. The van der Waals surface area contributed by atoms with E-state index in [4.69, 9.17) is 19.6 Å². The summed E-state index contributed by atoms with van der Waals surface area (Å²) in [7, 11) is -1.57. The van der Waals surface area contributed by atoms with Crippen LogP contribution in [0.25, 0.3) is 11.4 Å². The third kappa shape index (κ3) is 6.24. The number of benzene rings is 2. The van der Waals surface area contributed by atoms with Gasteiger partial charge in [-0.25, -0.2) is 18.1 Å². The maximum Gasteiger partial charge on any atom is 0.185 e. The monoisotopic (exact) mass is 483 g/mol. The van der Waals surface area contributed by atoms with Crippen LogP contribution in [0.3, 0.4) is 0 Å². The Morgan fingerprint density at radius 2 is 1.82 bits per heavy atom. The molecule has 0 spiro atoms. The second kappa shape index (κ2) is 11.1. The van der Waals surface area contributed by atoms with Gasteiger partial charge >= 0.3 is 0 Å². The fourth-order valence-electron chi connectivity index (χ4n) is 4.16. The van der Waals surface area contributed by atoms with Gasteiger partial charge in [-0.2, -0.15) is 5.10 Å². The summed E-state index contributed by atoms with van der Waals surface area (Å²) < 4.78 is 36.6. The number of aryl methyl sites for hydroxylation is 1. The number of hydrogen-bond donors (Lipinski definition) is 0. The van der Waals surface area contributed by atoms with Crippen LogP contribution >= 0.6 is 0 Å². The van der Waals surface area contributed by atoms with Gasteiger partial charge in [-0.1, -0.05) is 49.9 Å². The lowest BCUT2D eigenvalue weighted by Gasteiger charge is -2.24. The average Bonchev–Trinajstić information content (AvgIpc) is 3.18. The van der Waals surface area contributed by atoms with E-state index >= 15 is 0 Å². The molecule has 4 rings (SSSR count). The van der Waals surface area contributed by atoms with E-state index in [1.165, 1.54) is 31.9 Å². The van der Waals surface area contributed by atoms with Crippen LogP contribution in [-0.4, -0.2) is 49.8 Å². The Labute approximate surface area is 202 Å². The molecule has 0 bridgehead atoms. The smallest absolute Gasteiger partial charge is 0.185 e. The lowest BCUT2D eigenvalue weighted by molar-refractivity contribution is 0.146. The van der Waals surface area contributed by atoms with Gasteiger partial charge in [0.2, 0.25) is 0 Å². The van der Waals surface area contributed by atoms with Crippen molar-refractivity contribution in [3.05, 3.63) is 59.9 Å². The van der Waals surface area contributed by atoms with Gasteiger partial charge in [0.25, 0.3) is 0 Å². The Hall–Kier alpha value is -2.71. The molecule has 8 heteroatoms. The lowest BCUT2D eigenvalue weighted by Crippen LogP contribution is -2.12. The predicted octanol–water partition coefficient (Wildman–Crippen LogP) is 4.54. The Bertz CT molecular complexity index is 1190. The standard InChI is InChI=1S/C26H33N3O4S/c1-32-17-18-33-24-11-4-3-10-23(24)26-27-25(12-6-9-20-7-5-8-20)29(28-26)19-21-13-15-22(16-14-21)34(2,30)31/h3-4,10-11,13-16,20H,5-9,12,17-19H2,1-2H3. The summed E-state index contributed by atoms with van der Waals surface area (Å²) in [4.78, 5) is 5.23. The summed E-state index contributed by atoms with van der Waals surface area (Å²) in [6.45, 7) is 1.49. The van der Waals surface area contributed by atoms with Crippen LogP contribution in [0, 0.1) is 5.92 Å². The fourth-order valence-corrected chi connectivity index (χ4v) is 4.79. The molecule has 1 aliphatic carbocycles. The molecular formula is C26H33N3O4S. The number of sulfone groups is 1. The van der Waals surface area contributed by atoms with E-state index in [0.717, 1.165) is 41.5 Å². The van der Waals surface area contributed by atoms with Crippen LogP contribution in [0.15, 0.2) is 53.4 Å². The van der Waals surface area contributed by atoms with Crippen molar-refractivity contribution in [1.29, 1.82) is 0 Å². The zero-order valence-electron chi connectivity index (χ0n) is 19.9. The van der Waals surface area contributed by atoms with E-state index in [1.54, 1.807) is 19.2 Å². The second-order valence-corrected chi connectivity index (χ2v) is 11.0. The summed E-state index contributed by atoms with van der Waals surface area (Å²) in [5.41, 5.74) is 1.83. The minimum atomic E-state index is -3.22. The third-order valence-electron chi connectivity index (χ3n) is 6.34. The Balaban J connectivity index is 1.58. The number of ether oxygens (including phenoxy) is 2. The summed E-state index contributed by atoms with van der Waals surface area (Å²) >= 11 is 0. The highest BCUT2D eigenvalue weighted by Crippen LogP contribution is 2.31. The third-order valence-corrected chi connectivity index (χ3v) is 7.47. The molecule has 0 radical (unpaired) electrons. The molecular weight excluding hydrogens is 450 g/mol. The van der Waals surface area contributed by atoms with Crippen molar-refractivity contribution in [3.63, 3.8) is 0 Å². The van der Waals surface area contributed by atoms with Gasteiger partial charge in [0.15, 0.2) is 15.7 Å². The molecule has 0 atom stereocenters. The van der Waals surface area contributed by atoms with Crippen LogP contribution in [-0.2, 0) is 27.5 Å². The number of aromatic nitrogens is 3. The van der Waals surface area contributed by atoms with E-state index in [0.29, 0.717) is 30.5 Å². The van der Waals surface area contributed by atoms with Gasteiger partial charge in [-0.3, -0.25) is 0 Å². The van der Waals surface area contributed by atoms with Gasteiger partial charge in [-0.05, 0) is 42.2 Å². The van der Waals surface area contributed by atoms with E-state index in [1.807, 2.05) is 41.1 Å². The molecule has 3 aromatic rings. The summed E-state index contributed by atoms with van der Waals surface area (Å²) in [5, 5.41) is 4.84. The number of rotatable bonds is 12. The van der Waals surface area contributed by atoms with Crippen molar-refractivity contribution in [3.8, 4) is 17.1 Å². The number of nitrogens with zero attached hydrogens (tertiary/aromatic N) is 3. The molecule has 0 amide bonds. The molecule has 0 saturated heterocycles. The summed E-state index contributed by atoms with van der Waals surface area (Å²) in [6, 6.07) is 14.8. The zero-order chi connectivity index (χ0) is 24.0. The molecule has 1 fully saturated rings. The number of hydrogen-bond acceptors (Lipinski definition) is 6. The van der Waals surface area contributed by atoms with E-state index < -0.39 is 9.84 Å². The topological polar surface area (TPSA) is 83.3 Å². The SMILES string of the molecule is COCCOc1ccccc1-c1nc(CCCC2CCC2)n(Cc2ccc(S(C)(=O)=O)cc2)n1. The first-order valence-corrected chi connectivity index (χ1v) is 13.8. The van der Waals surface area contributed by atoms with Crippen LogP contribution in [0.5, 0.6) is 5.75 Å². The summed E-state index contributed by atoms with van der Waals surface area (Å²) in [5.74, 6) is 3.16. The van der Waals surface area contributed by atoms with E-state index in [2.05, 4.69) is 0 Å². The van der Waals surface area contributed by atoms with Gasteiger partial charge in [0.1, 0.15) is 18.2 Å². The minimum absolute atomic E-state index is 0.318. The highest BCUT2D eigenvalue weighted by atomic mass is 32.2. The van der Waals surface area contributed by atoms with Crippen molar-refractivity contribution < 1.29 is 17.9 Å². The average molecular weight is 484 g/mol. The van der Waals surface area contributed by atoms with Crippen LogP contribution in [0.2, 0.25) is 0 Å². The maximum absolute atomic E-state index is 11.8. The van der Waals surface area contributed by atoms with E-state index in [9.17, 15) is 8.42 Å². The molecule has 182 valence electrons.